The van der Waals surface area contributed by atoms with Crippen molar-refractivity contribution in [2.45, 2.75) is 13.8 Å². The maximum absolute atomic E-state index is 5.01. The summed E-state index contributed by atoms with van der Waals surface area (Å²) in [7, 11) is 0. The number of hydrogen-bond donors (Lipinski definition) is 0. The average Bonchev–Trinajstić information content (AvgIpc) is 3.47. The van der Waals surface area contributed by atoms with E-state index < -0.39 is 0 Å². The molecule has 216 valence electrons. The predicted octanol–water partition coefficient (Wildman–Crippen LogP) is 12.3. The zero-order valence-electron chi connectivity index (χ0n) is 25.5. The molecule has 7 rings (SSSR count). The van der Waals surface area contributed by atoms with Gasteiger partial charge in [-0.2, -0.15) is 0 Å². The number of rotatable bonds is 7. The molecule has 0 aliphatic heterocycles. The van der Waals surface area contributed by atoms with E-state index in [0.717, 1.165) is 28.1 Å². The highest BCUT2D eigenvalue weighted by Crippen LogP contribution is 2.37. The van der Waals surface area contributed by atoms with Gasteiger partial charge in [0.15, 0.2) is 0 Å². The van der Waals surface area contributed by atoms with E-state index in [2.05, 4.69) is 136 Å². The number of nitrogens with zero attached hydrogens (tertiary/aromatic N) is 1. The summed E-state index contributed by atoms with van der Waals surface area (Å²) in [6, 6.07) is 51.5. The Morgan fingerprint density at radius 1 is 0.600 bits per heavy atom. The van der Waals surface area contributed by atoms with E-state index >= 15 is 0 Å². The Kier molecular flexibility index (Phi) is 7.82. The van der Waals surface area contributed by atoms with E-state index in [9.17, 15) is 0 Å². The molecule has 0 radical (unpaired) electrons. The van der Waals surface area contributed by atoms with Crippen LogP contribution in [0.2, 0.25) is 0 Å². The van der Waals surface area contributed by atoms with Crippen molar-refractivity contribution in [2.75, 3.05) is 0 Å². The van der Waals surface area contributed by atoms with Crippen LogP contribution >= 0.6 is 11.3 Å². The molecular weight excluding hydrogens is 563 g/mol. The van der Waals surface area contributed by atoms with Crippen LogP contribution < -0.4 is 0 Å². The van der Waals surface area contributed by atoms with Gasteiger partial charge in [0.25, 0.3) is 0 Å². The Bertz CT molecular complexity index is 2220. The smallest absolute Gasteiger partial charge is 0.0712 e. The third-order valence-corrected chi connectivity index (χ3v) is 9.60. The van der Waals surface area contributed by atoms with Gasteiger partial charge in [0.05, 0.1) is 11.4 Å². The molecule has 0 amide bonds. The Morgan fingerprint density at radius 3 is 1.98 bits per heavy atom. The lowest BCUT2D eigenvalue weighted by molar-refractivity contribution is 1.40. The fraction of sp³-hybridized carbons (Fsp3) is 0.0465. The van der Waals surface area contributed by atoms with Crippen molar-refractivity contribution in [1.29, 1.82) is 0 Å². The van der Waals surface area contributed by atoms with Crippen molar-refractivity contribution in [3.8, 4) is 22.3 Å². The van der Waals surface area contributed by atoms with Gasteiger partial charge in [-0.25, -0.2) is 4.99 Å². The van der Waals surface area contributed by atoms with E-state index in [1.807, 2.05) is 47.7 Å². The van der Waals surface area contributed by atoms with Gasteiger partial charge in [0, 0.05) is 25.7 Å². The maximum atomic E-state index is 5.01. The first-order valence-corrected chi connectivity index (χ1v) is 16.1. The number of thiophene rings is 1. The molecule has 0 N–H and O–H groups in total. The number of aliphatic imine (C=N–C) groups is 1. The minimum Gasteiger partial charge on any atom is -0.248 e. The third-order valence-electron chi connectivity index (χ3n) is 8.45. The molecule has 1 nitrogen and oxygen atoms in total. The minimum atomic E-state index is 0.746. The summed E-state index contributed by atoms with van der Waals surface area (Å²) >= 11 is 1.86. The van der Waals surface area contributed by atoms with Crippen molar-refractivity contribution >= 4 is 48.5 Å². The first-order valence-electron chi connectivity index (χ1n) is 15.2. The first kappa shape index (κ1) is 28.5. The number of benzene rings is 6. The summed E-state index contributed by atoms with van der Waals surface area (Å²) in [5.74, 6) is 0. The molecule has 0 aliphatic carbocycles. The maximum Gasteiger partial charge on any atom is 0.0712 e. The summed E-state index contributed by atoms with van der Waals surface area (Å²) in [4.78, 5) is 5.01. The largest absolute Gasteiger partial charge is 0.248 e. The van der Waals surface area contributed by atoms with Crippen LogP contribution in [0.1, 0.15) is 29.2 Å². The summed E-state index contributed by atoms with van der Waals surface area (Å²) < 4.78 is 2.67. The van der Waals surface area contributed by atoms with Gasteiger partial charge in [-0.1, -0.05) is 134 Å². The monoisotopic (exact) mass is 595 g/mol. The van der Waals surface area contributed by atoms with Crippen molar-refractivity contribution in [3.63, 3.8) is 0 Å². The summed E-state index contributed by atoms with van der Waals surface area (Å²) in [6.07, 6.45) is 2.18. The van der Waals surface area contributed by atoms with Gasteiger partial charge < -0.3 is 0 Å². The second-order valence-corrected chi connectivity index (χ2v) is 12.5. The lowest BCUT2D eigenvalue weighted by Gasteiger charge is -2.14. The normalized spacial score (nSPS) is 12.1. The molecule has 7 aromatic rings. The number of allylic oxidation sites excluding steroid dienone is 2. The lowest BCUT2D eigenvalue weighted by atomic mass is 9.91. The summed E-state index contributed by atoms with van der Waals surface area (Å²) in [5.41, 5.74) is 12.2. The Morgan fingerprint density at radius 2 is 1.22 bits per heavy atom. The Labute approximate surface area is 269 Å². The van der Waals surface area contributed by atoms with Crippen molar-refractivity contribution < 1.29 is 0 Å². The Balaban J connectivity index is 1.21. The SMILES string of the molecule is C=C(N=C(/C=C(\C)c1cccc(-c2ccc(-c3ccc4sc5ccccc5c4c3)cc2)c1C)c1ccccc1)c1ccccc1. The standard InChI is InChI=1S/C43H33NS/c1-29(27-41(35-15-8-5-9-16-35)44-31(3)32-13-6-4-7-14-32)37-18-12-19-38(30(37)2)34-23-21-33(22-24-34)36-25-26-43-40(28-36)39-17-10-11-20-42(39)45-43/h4-28H,3H2,1-2H3/b29-27+,44-41?. The third kappa shape index (κ3) is 5.81. The van der Waals surface area contributed by atoms with Gasteiger partial charge in [-0.15, -0.1) is 11.3 Å². The van der Waals surface area contributed by atoms with Crippen LogP contribution in [-0.2, 0) is 0 Å². The fourth-order valence-corrected chi connectivity index (χ4v) is 7.12. The molecule has 0 saturated heterocycles. The highest BCUT2D eigenvalue weighted by Gasteiger charge is 2.11. The molecule has 6 aromatic carbocycles. The zero-order chi connectivity index (χ0) is 30.8. The second-order valence-electron chi connectivity index (χ2n) is 11.4. The quantitative estimate of drug-likeness (QED) is 0.163. The topological polar surface area (TPSA) is 12.4 Å². The second kappa shape index (κ2) is 12.4. The average molecular weight is 596 g/mol. The van der Waals surface area contributed by atoms with Crippen LogP contribution in [-0.4, -0.2) is 5.71 Å². The summed E-state index contributed by atoms with van der Waals surface area (Å²) in [5, 5.41) is 2.66. The predicted molar refractivity (Wildman–Crippen MR) is 197 cm³/mol. The first-order chi connectivity index (χ1) is 22.0. The van der Waals surface area contributed by atoms with Crippen LogP contribution in [0.3, 0.4) is 0 Å². The lowest BCUT2D eigenvalue weighted by Crippen LogP contribution is -2.00. The molecule has 0 fully saturated rings. The van der Waals surface area contributed by atoms with Crippen LogP contribution in [0.5, 0.6) is 0 Å². The van der Waals surface area contributed by atoms with Crippen LogP contribution in [0.25, 0.3) is 53.7 Å². The van der Waals surface area contributed by atoms with E-state index in [1.54, 1.807) is 0 Å². The molecule has 0 aliphatic rings. The molecule has 1 heterocycles. The molecule has 2 heteroatoms. The molecule has 0 saturated carbocycles. The van der Waals surface area contributed by atoms with Gasteiger partial charge in [-0.3, -0.25) is 0 Å². The van der Waals surface area contributed by atoms with E-state index in [-0.39, 0.29) is 0 Å². The van der Waals surface area contributed by atoms with Crippen LogP contribution in [0.4, 0.5) is 0 Å². The van der Waals surface area contributed by atoms with E-state index in [1.165, 1.54) is 53.6 Å². The van der Waals surface area contributed by atoms with Gasteiger partial charge in [0.1, 0.15) is 0 Å². The molecule has 0 atom stereocenters. The molecule has 0 bridgehead atoms. The van der Waals surface area contributed by atoms with E-state index in [4.69, 9.17) is 4.99 Å². The highest BCUT2D eigenvalue weighted by molar-refractivity contribution is 7.25. The fourth-order valence-electron chi connectivity index (χ4n) is 6.04. The highest BCUT2D eigenvalue weighted by atomic mass is 32.1. The molecular formula is C43H33NS. The molecule has 45 heavy (non-hydrogen) atoms. The van der Waals surface area contributed by atoms with Crippen molar-refractivity contribution in [3.05, 3.63) is 181 Å². The summed E-state index contributed by atoms with van der Waals surface area (Å²) in [6.45, 7) is 8.67. The van der Waals surface area contributed by atoms with E-state index in [0.29, 0.717) is 0 Å². The zero-order valence-corrected chi connectivity index (χ0v) is 26.3. The van der Waals surface area contributed by atoms with Crippen molar-refractivity contribution in [1.82, 2.24) is 0 Å². The minimum absolute atomic E-state index is 0.746. The number of hydrogen-bond acceptors (Lipinski definition) is 2. The van der Waals surface area contributed by atoms with Gasteiger partial charge in [-0.05, 0) is 82.6 Å². The molecule has 0 unspecified atom stereocenters. The van der Waals surface area contributed by atoms with Crippen molar-refractivity contribution in [2.24, 2.45) is 4.99 Å². The molecule has 0 spiro atoms. The Hall–Kier alpha value is -5.31. The molecule has 1 aromatic heterocycles. The number of fused-ring (bicyclic) bond motifs is 3. The van der Waals surface area contributed by atoms with Crippen LogP contribution in [0.15, 0.2) is 163 Å². The van der Waals surface area contributed by atoms with Crippen LogP contribution in [0, 0.1) is 6.92 Å². The van der Waals surface area contributed by atoms with Gasteiger partial charge >= 0.3 is 0 Å². The van der Waals surface area contributed by atoms with Gasteiger partial charge in [0.2, 0.25) is 0 Å².